The molecule has 2 aliphatic carbocycles. The second-order valence-electron chi connectivity index (χ2n) is 8.06. The first-order chi connectivity index (χ1) is 10.8. The van der Waals surface area contributed by atoms with Gasteiger partial charge in [0.25, 0.3) is 0 Å². The van der Waals surface area contributed by atoms with Crippen LogP contribution in [-0.4, -0.2) is 58.4 Å². The molecular weight excluding hydrogens is 300 g/mol. The monoisotopic (exact) mass is 326 g/mol. The van der Waals surface area contributed by atoms with Crippen LogP contribution < -0.4 is 0 Å². The van der Waals surface area contributed by atoms with Gasteiger partial charge in [-0.15, -0.1) is 0 Å². The van der Waals surface area contributed by atoms with Gasteiger partial charge in [0, 0.05) is 0 Å². The zero-order valence-electron chi connectivity index (χ0n) is 14.0. The van der Waals surface area contributed by atoms with E-state index in [1.54, 1.807) is 6.92 Å². The number of aliphatic hydroxyl groups excluding tert-OH is 2. The number of ether oxygens (including phenoxy) is 3. The first kappa shape index (κ1) is 15.8. The van der Waals surface area contributed by atoms with Crippen molar-refractivity contribution in [1.82, 2.24) is 0 Å². The maximum Gasteiger partial charge on any atom is 0.320 e. The Kier molecular flexibility index (Phi) is 3.08. The average molecular weight is 326 g/mol. The first-order valence-corrected chi connectivity index (χ1v) is 8.63. The molecule has 0 aromatic heterocycles. The molecule has 130 valence electrons. The zero-order chi connectivity index (χ0) is 16.7. The summed E-state index contributed by atoms with van der Waals surface area (Å²) >= 11 is 0. The van der Waals surface area contributed by atoms with Crippen LogP contribution in [0.4, 0.5) is 0 Å². The molecule has 7 atom stereocenters. The van der Waals surface area contributed by atoms with Crippen molar-refractivity contribution in [3.05, 3.63) is 0 Å². The molecule has 6 nitrogen and oxygen atoms in total. The van der Waals surface area contributed by atoms with Crippen LogP contribution in [0.15, 0.2) is 0 Å². The summed E-state index contributed by atoms with van der Waals surface area (Å²) in [6, 6.07) is 0. The number of esters is 1. The van der Waals surface area contributed by atoms with Crippen LogP contribution >= 0.6 is 0 Å². The van der Waals surface area contributed by atoms with Crippen LogP contribution in [0.5, 0.6) is 0 Å². The molecule has 4 aliphatic rings. The average Bonchev–Trinajstić information content (AvgIpc) is 3.35. The second-order valence-corrected chi connectivity index (χ2v) is 8.06. The largest absolute Gasteiger partial charge is 0.465 e. The number of rotatable bonds is 3. The Bertz CT molecular complexity index is 545. The predicted molar refractivity (Wildman–Crippen MR) is 79.6 cm³/mol. The van der Waals surface area contributed by atoms with Crippen molar-refractivity contribution < 1.29 is 29.2 Å². The molecule has 6 heteroatoms. The molecule has 1 spiro atoms. The number of epoxide rings is 2. The molecule has 0 aromatic rings. The molecule has 0 radical (unpaired) electrons. The van der Waals surface area contributed by atoms with Gasteiger partial charge in [-0.3, -0.25) is 4.79 Å². The summed E-state index contributed by atoms with van der Waals surface area (Å²) in [5.41, 5.74) is -2.95. The molecular formula is C17H26O6. The second kappa shape index (κ2) is 4.48. The fraction of sp³-hybridized carbons (Fsp3) is 0.941. The minimum atomic E-state index is -1.38. The van der Waals surface area contributed by atoms with E-state index in [-0.39, 0.29) is 18.1 Å². The van der Waals surface area contributed by atoms with Gasteiger partial charge in [0.1, 0.15) is 5.60 Å². The van der Waals surface area contributed by atoms with Gasteiger partial charge in [-0.1, -0.05) is 0 Å². The standard InChI is InChI=1S/C17H26O6/c1-4-21-13(20)17-11(18)5-6-15(3)16(17,23-15)8-10(7-12(17)19)14(2)9-22-14/h10-12,18-19H,4-9H2,1-3H3/t10-,11-,12+,14?,15+,16+,17-/m1/s1. The van der Waals surface area contributed by atoms with Crippen molar-refractivity contribution in [3.8, 4) is 0 Å². The number of carbonyl (C=O) groups is 1. The Hall–Kier alpha value is -0.690. The SMILES string of the molecule is CCOC(=O)[C@]12[C@H](O)CC[C@]3(C)O[C@]13C[C@H](C1(C)CO1)C[C@@H]2O. The Morgan fingerprint density at radius 3 is 2.61 bits per heavy atom. The van der Waals surface area contributed by atoms with Gasteiger partial charge < -0.3 is 24.4 Å². The summed E-state index contributed by atoms with van der Waals surface area (Å²) in [6.07, 6.45) is 0.235. The van der Waals surface area contributed by atoms with Crippen LogP contribution in [0, 0.1) is 11.3 Å². The van der Waals surface area contributed by atoms with E-state index >= 15 is 0 Å². The molecule has 1 unspecified atom stereocenters. The molecule has 2 heterocycles. The van der Waals surface area contributed by atoms with Crippen LogP contribution in [0.2, 0.25) is 0 Å². The number of hydrogen-bond acceptors (Lipinski definition) is 6. The fourth-order valence-corrected chi connectivity index (χ4v) is 5.35. The Morgan fingerprint density at radius 1 is 1.30 bits per heavy atom. The van der Waals surface area contributed by atoms with Crippen molar-refractivity contribution in [2.75, 3.05) is 13.2 Å². The summed E-state index contributed by atoms with van der Waals surface area (Å²) in [6.45, 7) is 6.65. The molecule has 2 saturated heterocycles. The van der Waals surface area contributed by atoms with Gasteiger partial charge in [0.15, 0.2) is 5.41 Å². The highest BCUT2D eigenvalue weighted by Crippen LogP contribution is 2.72. The lowest BCUT2D eigenvalue weighted by Crippen LogP contribution is -2.68. The quantitative estimate of drug-likeness (QED) is 0.588. The number of hydrogen-bond donors (Lipinski definition) is 2. The van der Waals surface area contributed by atoms with E-state index in [0.29, 0.717) is 32.3 Å². The highest BCUT2D eigenvalue weighted by Gasteiger charge is 2.86. The Balaban J connectivity index is 1.78. The van der Waals surface area contributed by atoms with E-state index in [2.05, 4.69) is 0 Å². The third-order valence-electron chi connectivity index (χ3n) is 6.94. The van der Waals surface area contributed by atoms with E-state index in [0.717, 1.165) is 0 Å². The van der Waals surface area contributed by atoms with Crippen molar-refractivity contribution in [1.29, 1.82) is 0 Å². The van der Waals surface area contributed by atoms with E-state index in [1.807, 2.05) is 13.8 Å². The van der Waals surface area contributed by atoms with Crippen molar-refractivity contribution >= 4 is 5.97 Å². The molecule has 2 saturated carbocycles. The van der Waals surface area contributed by atoms with Gasteiger partial charge in [-0.25, -0.2) is 0 Å². The summed E-state index contributed by atoms with van der Waals surface area (Å²) < 4.78 is 17.0. The number of aliphatic hydroxyl groups is 2. The minimum Gasteiger partial charge on any atom is -0.465 e. The van der Waals surface area contributed by atoms with Crippen LogP contribution in [-0.2, 0) is 19.0 Å². The minimum absolute atomic E-state index is 0.118. The highest BCUT2D eigenvalue weighted by atomic mass is 16.6. The van der Waals surface area contributed by atoms with E-state index in [9.17, 15) is 15.0 Å². The first-order valence-electron chi connectivity index (χ1n) is 8.63. The predicted octanol–water partition coefficient (Wildman–Crippen LogP) is 0.778. The fourth-order valence-electron chi connectivity index (χ4n) is 5.35. The smallest absolute Gasteiger partial charge is 0.320 e. The maximum atomic E-state index is 12.9. The van der Waals surface area contributed by atoms with E-state index in [4.69, 9.17) is 14.2 Å². The van der Waals surface area contributed by atoms with Crippen molar-refractivity contribution in [3.63, 3.8) is 0 Å². The van der Waals surface area contributed by atoms with E-state index < -0.39 is 34.8 Å². The van der Waals surface area contributed by atoms with Crippen molar-refractivity contribution in [2.45, 2.75) is 75.5 Å². The molecule has 2 aliphatic heterocycles. The normalized spacial score (nSPS) is 57.2. The van der Waals surface area contributed by atoms with Gasteiger partial charge >= 0.3 is 5.97 Å². The topological polar surface area (TPSA) is 91.8 Å². The van der Waals surface area contributed by atoms with Crippen LogP contribution in [0.3, 0.4) is 0 Å². The maximum absolute atomic E-state index is 12.9. The summed E-state index contributed by atoms with van der Waals surface area (Å²) in [5, 5.41) is 21.8. The van der Waals surface area contributed by atoms with Crippen LogP contribution in [0.1, 0.15) is 46.5 Å². The third-order valence-corrected chi connectivity index (χ3v) is 6.94. The van der Waals surface area contributed by atoms with Gasteiger partial charge in [-0.2, -0.15) is 0 Å². The van der Waals surface area contributed by atoms with Crippen molar-refractivity contribution in [2.24, 2.45) is 11.3 Å². The summed E-state index contributed by atoms with van der Waals surface area (Å²) in [5.74, 6) is -0.407. The molecule has 0 aromatic carbocycles. The molecule has 4 fully saturated rings. The third kappa shape index (κ3) is 1.70. The summed E-state index contributed by atoms with van der Waals surface area (Å²) in [7, 11) is 0. The van der Waals surface area contributed by atoms with Crippen LogP contribution in [0.25, 0.3) is 0 Å². The summed E-state index contributed by atoms with van der Waals surface area (Å²) in [4.78, 5) is 12.9. The van der Waals surface area contributed by atoms with Gasteiger partial charge in [-0.05, 0) is 52.4 Å². The lowest BCUT2D eigenvalue weighted by Gasteiger charge is -2.52. The lowest BCUT2D eigenvalue weighted by atomic mass is 9.50. The Morgan fingerprint density at radius 2 is 2.00 bits per heavy atom. The zero-order valence-corrected chi connectivity index (χ0v) is 14.0. The lowest BCUT2D eigenvalue weighted by molar-refractivity contribution is -0.204. The van der Waals surface area contributed by atoms with Gasteiger partial charge in [0.2, 0.25) is 0 Å². The number of carbonyl (C=O) groups excluding carboxylic acids is 1. The Labute approximate surface area is 136 Å². The molecule has 23 heavy (non-hydrogen) atoms. The molecule has 0 bridgehead atoms. The molecule has 2 N–H and O–H groups in total. The molecule has 4 rings (SSSR count). The van der Waals surface area contributed by atoms with Gasteiger partial charge in [0.05, 0.1) is 36.6 Å². The molecule has 0 amide bonds. The highest BCUT2D eigenvalue weighted by molar-refractivity contribution is 5.82. The van der Waals surface area contributed by atoms with E-state index in [1.165, 1.54) is 0 Å².